The van der Waals surface area contributed by atoms with Crippen molar-refractivity contribution in [1.82, 2.24) is 5.32 Å². The van der Waals surface area contributed by atoms with Gasteiger partial charge in [0.1, 0.15) is 6.17 Å². The fraction of sp³-hybridized carbons (Fsp3) is 0.400. The van der Waals surface area contributed by atoms with Gasteiger partial charge < -0.3 is 0 Å². The Morgan fingerprint density at radius 3 is 2.31 bits per heavy atom. The third-order valence-electron chi connectivity index (χ3n) is 4.08. The average Bonchev–Trinajstić information content (AvgIpc) is 2.59. The Kier molecular flexibility index (Phi) is 6.92. The normalized spacial score (nSPS) is 14.4. The number of hydrogen-bond donors (Lipinski definition) is 1. The first-order valence-electron chi connectivity index (χ1n) is 8.65. The summed E-state index contributed by atoms with van der Waals surface area (Å²) in [5, 5.41) is 2.86. The Balaban J connectivity index is 2.09. The molecule has 0 aromatic heterocycles. The lowest BCUT2D eigenvalue weighted by molar-refractivity contribution is 0.0853. The fourth-order valence-electron chi connectivity index (χ4n) is 2.45. The van der Waals surface area contributed by atoms with Crippen molar-refractivity contribution in [2.45, 2.75) is 57.5 Å². The summed E-state index contributed by atoms with van der Waals surface area (Å²) < 4.78 is 43.8. The Labute approximate surface area is 155 Å². The first-order valence-corrected chi connectivity index (χ1v) is 10.1. The minimum atomic E-state index is -4.05. The van der Waals surface area contributed by atoms with Crippen molar-refractivity contribution in [3.8, 4) is 0 Å². The van der Waals surface area contributed by atoms with E-state index < -0.39 is 22.5 Å². The molecule has 0 aliphatic heterocycles. The summed E-state index contributed by atoms with van der Waals surface area (Å²) >= 11 is 0. The molecule has 0 aliphatic carbocycles. The monoisotopic (exact) mass is 379 g/mol. The molecule has 142 valence electrons. The van der Waals surface area contributed by atoms with Gasteiger partial charge in [-0.15, -0.1) is 0 Å². The van der Waals surface area contributed by atoms with Gasteiger partial charge in [0.25, 0.3) is 10.1 Å². The maximum absolute atomic E-state index is 13.9. The minimum Gasteiger partial charge on any atom is -0.284 e. The molecule has 6 heteroatoms. The van der Waals surface area contributed by atoms with Crippen LogP contribution < -0.4 is 5.32 Å². The topological polar surface area (TPSA) is 55.4 Å². The van der Waals surface area contributed by atoms with E-state index in [9.17, 15) is 12.8 Å². The zero-order valence-corrected chi connectivity index (χ0v) is 16.4. The van der Waals surface area contributed by atoms with Gasteiger partial charge in [0.2, 0.25) is 0 Å². The van der Waals surface area contributed by atoms with Gasteiger partial charge in [-0.3, -0.25) is 5.32 Å². The van der Waals surface area contributed by atoms with Crippen LogP contribution in [0, 0.1) is 6.92 Å². The van der Waals surface area contributed by atoms with Gasteiger partial charge in [0.15, 0.2) is 6.23 Å². The molecular formula is C20H26FNO3S. The smallest absolute Gasteiger partial charge is 0.284 e. The third kappa shape index (κ3) is 5.62. The minimum absolute atomic E-state index is 0.0114. The van der Waals surface area contributed by atoms with E-state index in [1.54, 1.807) is 12.1 Å². The van der Waals surface area contributed by atoms with Crippen molar-refractivity contribution < 1.29 is 17.0 Å². The van der Waals surface area contributed by atoms with E-state index in [0.717, 1.165) is 11.1 Å². The van der Waals surface area contributed by atoms with Crippen molar-refractivity contribution in [2.24, 2.45) is 0 Å². The van der Waals surface area contributed by atoms with E-state index >= 15 is 0 Å². The highest BCUT2D eigenvalue weighted by molar-refractivity contribution is 7.86. The molecule has 0 spiro atoms. The van der Waals surface area contributed by atoms with Gasteiger partial charge in [-0.1, -0.05) is 55.8 Å². The Hall–Kier alpha value is -1.76. The van der Waals surface area contributed by atoms with Crippen LogP contribution in [0.5, 0.6) is 0 Å². The third-order valence-corrected chi connectivity index (χ3v) is 5.39. The highest BCUT2D eigenvalue weighted by Crippen LogP contribution is 2.18. The van der Waals surface area contributed by atoms with Crippen LogP contribution in [0.3, 0.4) is 0 Å². The van der Waals surface area contributed by atoms with Gasteiger partial charge in [-0.2, -0.15) is 8.42 Å². The van der Waals surface area contributed by atoms with Crippen molar-refractivity contribution >= 4 is 10.1 Å². The van der Waals surface area contributed by atoms with Gasteiger partial charge in [0, 0.05) is 6.54 Å². The fourth-order valence-corrected chi connectivity index (χ4v) is 3.53. The number of hydrogen-bond acceptors (Lipinski definition) is 4. The van der Waals surface area contributed by atoms with Crippen LogP contribution >= 0.6 is 0 Å². The molecule has 0 aliphatic rings. The highest BCUT2D eigenvalue weighted by Gasteiger charge is 2.26. The number of aryl methyl sites for hydroxylation is 1. The molecule has 0 amide bonds. The van der Waals surface area contributed by atoms with Crippen LogP contribution in [0.25, 0.3) is 0 Å². The SMILES string of the molecule is Cc1ccc(S(=O)(=O)O[C@H](NCc2cccc(C(C)C)c2)C(C)F)cc1. The van der Waals surface area contributed by atoms with E-state index in [0.29, 0.717) is 12.5 Å². The molecule has 0 heterocycles. The Morgan fingerprint density at radius 1 is 1.08 bits per heavy atom. The van der Waals surface area contributed by atoms with E-state index in [-0.39, 0.29) is 4.90 Å². The van der Waals surface area contributed by atoms with Crippen LogP contribution in [0.2, 0.25) is 0 Å². The molecule has 2 rings (SSSR count). The van der Waals surface area contributed by atoms with Crippen molar-refractivity contribution in [1.29, 1.82) is 0 Å². The quantitative estimate of drug-likeness (QED) is 0.549. The molecule has 1 unspecified atom stereocenters. The maximum atomic E-state index is 13.9. The second-order valence-electron chi connectivity index (χ2n) is 6.74. The number of alkyl halides is 1. The lowest BCUT2D eigenvalue weighted by atomic mass is 10.0. The number of benzene rings is 2. The Bertz CT molecular complexity index is 817. The van der Waals surface area contributed by atoms with Crippen LogP contribution in [-0.4, -0.2) is 20.8 Å². The molecule has 4 nitrogen and oxygen atoms in total. The number of rotatable bonds is 8. The molecule has 0 saturated carbocycles. The van der Waals surface area contributed by atoms with E-state index in [1.165, 1.54) is 24.6 Å². The predicted molar refractivity (Wildman–Crippen MR) is 101 cm³/mol. The summed E-state index contributed by atoms with van der Waals surface area (Å²) in [5.74, 6) is 0.379. The van der Waals surface area contributed by atoms with Crippen LogP contribution in [0.4, 0.5) is 4.39 Å². The standard InChI is InChI=1S/C20H26FNO3S/c1-14(2)18-7-5-6-17(12-18)13-22-20(16(4)21)25-26(23,24)19-10-8-15(3)9-11-19/h5-12,14,16,20,22H,13H2,1-4H3/t16?,20-/m0/s1. The molecule has 26 heavy (non-hydrogen) atoms. The highest BCUT2D eigenvalue weighted by atomic mass is 32.2. The summed E-state index contributed by atoms with van der Waals surface area (Å²) in [6, 6.07) is 14.2. The largest absolute Gasteiger partial charge is 0.298 e. The lowest BCUT2D eigenvalue weighted by Crippen LogP contribution is -2.39. The van der Waals surface area contributed by atoms with E-state index in [1.807, 2.05) is 31.2 Å². The summed E-state index contributed by atoms with van der Waals surface area (Å²) in [6.07, 6.45) is -2.76. The second kappa shape index (κ2) is 8.75. The van der Waals surface area contributed by atoms with E-state index in [4.69, 9.17) is 4.18 Å². The molecule has 1 N–H and O–H groups in total. The van der Waals surface area contributed by atoms with Crippen LogP contribution in [0.15, 0.2) is 53.4 Å². The second-order valence-corrected chi connectivity index (χ2v) is 8.31. The summed E-state index contributed by atoms with van der Waals surface area (Å²) in [7, 11) is -4.05. The zero-order chi connectivity index (χ0) is 19.3. The Morgan fingerprint density at radius 2 is 1.73 bits per heavy atom. The van der Waals surface area contributed by atoms with E-state index in [2.05, 4.69) is 19.2 Å². The molecule has 2 aromatic carbocycles. The molecule has 0 fully saturated rings. The van der Waals surface area contributed by atoms with Gasteiger partial charge in [-0.05, 0) is 43.0 Å². The average molecular weight is 379 g/mol. The molecule has 2 aromatic rings. The predicted octanol–water partition coefficient (Wildman–Crippen LogP) is 4.30. The van der Waals surface area contributed by atoms with Gasteiger partial charge in [0.05, 0.1) is 4.90 Å². The lowest BCUT2D eigenvalue weighted by Gasteiger charge is -2.20. The molecule has 0 radical (unpaired) electrons. The van der Waals surface area contributed by atoms with Crippen molar-refractivity contribution in [2.75, 3.05) is 0 Å². The number of nitrogens with one attached hydrogen (secondary N) is 1. The zero-order valence-electron chi connectivity index (χ0n) is 15.6. The van der Waals surface area contributed by atoms with Gasteiger partial charge in [-0.25, -0.2) is 8.57 Å². The molecule has 2 atom stereocenters. The maximum Gasteiger partial charge on any atom is 0.298 e. The molecule has 0 saturated heterocycles. The summed E-state index contributed by atoms with van der Waals surface area (Å²) in [4.78, 5) is 0.0114. The molecule has 0 bridgehead atoms. The van der Waals surface area contributed by atoms with Crippen molar-refractivity contribution in [3.63, 3.8) is 0 Å². The van der Waals surface area contributed by atoms with Crippen molar-refractivity contribution in [3.05, 3.63) is 65.2 Å². The van der Waals surface area contributed by atoms with Gasteiger partial charge >= 0.3 is 0 Å². The first kappa shape index (κ1) is 20.6. The van der Waals surface area contributed by atoms with Crippen LogP contribution in [0.1, 0.15) is 43.4 Å². The number of halogens is 1. The summed E-state index contributed by atoms with van der Waals surface area (Å²) in [5.41, 5.74) is 3.04. The first-order chi connectivity index (χ1) is 12.2. The van der Waals surface area contributed by atoms with Crippen LogP contribution in [-0.2, 0) is 20.8 Å². The molecular weight excluding hydrogens is 353 g/mol. The summed E-state index contributed by atoms with van der Waals surface area (Å²) in [6.45, 7) is 7.62.